The zero-order valence-corrected chi connectivity index (χ0v) is 11.0. The Morgan fingerprint density at radius 2 is 1.88 bits per heavy atom. The molecule has 0 aliphatic carbocycles. The molecule has 0 fully saturated rings. The summed E-state index contributed by atoms with van der Waals surface area (Å²) in [5.74, 6) is -0.0828. The second-order valence-electron chi connectivity index (χ2n) is 4.14. The van der Waals surface area contributed by atoms with Gasteiger partial charge in [-0.1, -0.05) is 6.92 Å². The van der Waals surface area contributed by atoms with Gasteiger partial charge in [0, 0.05) is 27.2 Å². The van der Waals surface area contributed by atoms with Crippen molar-refractivity contribution in [2.45, 2.75) is 13.3 Å². The lowest BCUT2D eigenvalue weighted by Gasteiger charge is -2.22. The van der Waals surface area contributed by atoms with Gasteiger partial charge in [-0.3, -0.25) is 14.5 Å². The molecule has 0 atom stereocenters. The van der Waals surface area contributed by atoms with E-state index in [1.807, 2.05) is 11.8 Å². The molecule has 0 aliphatic rings. The van der Waals surface area contributed by atoms with Crippen molar-refractivity contribution in [1.82, 2.24) is 15.1 Å². The number of carbonyl (C=O) groups is 2. The molecule has 0 radical (unpaired) electrons. The van der Waals surface area contributed by atoms with Gasteiger partial charge in [-0.25, -0.2) is 0 Å². The number of rotatable bonds is 8. The summed E-state index contributed by atoms with van der Waals surface area (Å²) in [6, 6.07) is 0. The Hall–Kier alpha value is -1.14. The van der Waals surface area contributed by atoms with Crippen molar-refractivity contribution in [3.05, 3.63) is 0 Å². The van der Waals surface area contributed by atoms with Crippen LogP contribution in [0.15, 0.2) is 0 Å². The quantitative estimate of drug-likeness (QED) is 0.566. The van der Waals surface area contributed by atoms with Gasteiger partial charge in [0.05, 0.1) is 13.1 Å². The van der Waals surface area contributed by atoms with Crippen LogP contribution in [-0.2, 0) is 9.59 Å². The zero-order valence-electron chi connectivity index (χ0n) is 11.0. The van der Waals surface area contributed by atoms with Crippen LogP contribution in [0.5, 0.6) is 0 Å². The molecule has 6 nitrogen and oxygen atoms in total. The van der Waals surface area contributed by atoms with Crippen molar-refractivity contribution < 1.29 is 9.59 Å². The van der Waals surface area contributed by atoms with Gasteiger partial charge in [0.2, 0.25) is 11.8 Å². The highest BCUT2D eigenvalue weighted by Crippen LogP contribution is 1.93. The lowest BCUT2D eigenvalue weighted by Crippen LogP contribution is -2.43. The fourth-order valence-corrected chi connectivity index (χ4v) is 1.33. The Labute approximate surface area is 103 Å². The van der Waals surface area contributed by atoms with Crippen LogP contribution in [-0.4, -0.2) is 68.4 Å². The average molecular weight is 244 g/mol. The van der Waals surface area contributed by atoms with Crippen LogP contribution >= 0.6 is 0 Å². The number of carbonyl (C=O) groups excluding carboxylic acids is 2. The summed E-state index contributed by atoms with van der Waals surface area (Å²) in [5.41, 5.74) is 5.30. The van der Waals surface area contributed by atoms with Gasteiger partial charge in [0.25, 0.3) is 0 Å². The minimum atomic E-state index is -0.0875. The van der Waals surface area contributed by atoms with Crippen LogP contribution in [0.4, 0.5) is 0 Å². The zero-order chi connectivity index (χ0) is 13.3. The standard InChI is InChI=1S/C11H24N4O2/c1-4-7-15(9-11(17)14(2)3)8-10(16)13-6-5-12/h4-9,12H2,1-3H3,(H,13,16). The number of amides is 2. The Kier molecular flexibility index (Phi) is 8.35. The maximum Gasteiger partial charge on any atom is 0.236 e. The Bertz CT molecular complexity index is 244. The van der Waals surface area contributed by atoms with Crippen molar-refractivity contribution >= 4 is 11.8 Å². The Balaban J connectivity index is 4.13. The molecule has 2 amide bonds. The molecule has 0 unspecified atom stereocenters. The highest BCUT2D eigenvalue weighted by Gasteiger charge is 2.14. The van der Waals surface area contributed by atoms with Crippen molar-refractivity contribution in [3.63, 3.8) is 0 Å². The first-order chi connectivity index (χ1) is 8.01. The summed E-state index contributed by atoms with van der Waals surface area (Å²) < 4.78 is 0. The third kappa shape index (κ3) is 7.70. The summed E-state index contributed by atoms with van der Waals surface area (Å²) in [4.78, 5) is 26.4. The fraction of sp³-hybridized carbons (Fsp3) is 0.818. The van der Waals surface area contributed by atoms with E-state index in [1.165, 1.54) is 4.90 Å². The minimum absolute atomic E-state index is 0.00470. The molecule has 0 rings (SSSR count). The first kappa shape index (κ1) is 15.9. The van der Waals surface area contributed by atoms with E-state index in [1.54, 1.807) is 14.1 Å². The predicted octanol–water partition coefficient (Wildman–Crippen LogP) is -1.14. The van der Waals surface area contributed by atoms with Gasteiger partial charge in [-0.15, -0.1) is 0 Å². The minimum Gasteiger partial charge on any atom is -0.354 e. The fourth-order valence-electron chi connectivity index (χ4n) is 1.33. The number of nitrogens with two attached hydrogens (primary N) is 1. The molecule has 0 heterocycles. The van der Waals surface area contributed by atoms with Gasteiger partial charge in [-0.05, 0) is 13.0 Å². The van der Waals surface area contributed by atoms with Crippen LogP contribution < -0.4 is 11.1 Å². The van der Waals surface area contributed by atoms with E-state index < -0.39 is 0 Å². The molecule has 17 heavy (non-hydrogen) atoms. The van der Waals surface area contributed by atoms with E-state index in [-0.39, 0.29) is 24.9 Å². The molecule has 0 saturated carbocycles. The Morgan fingerprint density at radius 1 is 1.24 bits per heavy atom. The van der Waals surface area contributed by atoms with Crippen molar-refractivity contribution in [2.24, 2.45) is 5.73 Å². The number of nitrogens with zero attached hydrogens (tertiary/aromatic N) is 2. The first-order valence-corrected chi connectivity index (χ1v) is 5.90. The topological polar surface area (TPSA) is 78.7 Å². The monoisotopic (exact) mass is 244 g/mol. The molecule has 0 aliphatic heterocycles. The third-order valence-corrected chi connectivity index (χ3v) is 2.23. The van der Waals surface area contributed by atoms with Crippen LogP contribution in [0.1, 0.15) is 13.3 Å². The summed E-state index contributed by atoms with van der Waals surface area (Å²) in [7, 11) is 3.42. The van der Waals surface area contributed by atoms with Crippen molar-refractivity contribution in [1.29, 1.82) is 0 Å². The van der Waals surface area contributed by atoms with Gasteiger partial charge in [-0.2, -0.15) is 0 Å². The van der Waals surface area contributed by atoms with Crippen LogP contribution in [0.25, 0.3) is 0 Å². The molecule has 6 heteroatoms. The second kappa shape index (κ2) is 8.95. The summed E-state index contributed by atoms with van der Waals surface area (Å²) >= 11 is 0. The average Bonchev–Trinajstić information content (AvgIpc) is 2.26. The van der Waals surface area contributed by atoms with E-state index in [9.17, 15) is 9.59 Å². The van der Waals surface area contributed by atoms with Crippen LogP contribution in [0.3, 0.4) is 0 Å². The number of hydrogen-bond acceptors (Lipinski definition) is 4. The molecule has 0 spiro atoms. The maximum atomic E-state index is 11.6. The molecule has 0 aromatic rings. The van der Waals surface area contributed by atoms with E-state index in [4.69, 9.17) is 5.73 Å². The molecule has 0 bridgehead atoms. The van der Waals surface area contributed by atoms with Crippen LogP contribution in [0.2, 0.25) is 0 Å². The number of nitrogens with one attached hydrogen (secondary N) is 1. The van der Waals surface area contributed by atoms with E-state index in [2.05, 4.69) is 5.32 Å². The maximum absolute atomic E-state index is 11.6. The van der Waals surface area contributed by atoms with Gasteiger partial charge >= 0.3 is 0 Å². The molecule has 100 valence electrons. The highest BCUT2D eigenvalue weighted by atomic mass is 16.2. The lowest BCUT2D eigenvalue weighted by molar-refractivity contribution is -0.130. The predicted molar refractivity (Wildman–Crippen MR) is 67.5 cm³/mol. The van der Waals surface area contributed by atoms with Crippen LogP contribution in [0, 0.1) is 0 Å². The molecule has 0 saturated heterocycles. The largest absolute Gasteiger partial charge is 0.354 e. The smallest absolute Gasteiger partial charge is 0.236 e. The summed E-state index contributed by atoms with van der Waals surface area (Å²) in [5, 5.41) is 2.69. The van der Waals surface area contributed by atoms with Gasteiger partial charge < -0.3 is 16.0 Å². The molecular formula is C11H24N4O2. The molecule has 3 N–H and O–H groups in total. The van der Waals surface area contributed by atoms with E-state index >= 15 is 0 Å². The second-order valence-corrected chi connectivity index (χ2v) is 4.14. The van der Waals surface area contributed by atoms with E-state index in [0.717, 1.165) is 13.0 Å². The Morgan fingerprint density at radius 3 is 2.35 bits per heavy atom. The van der Waals surface area contributed by atoms with Crippen molar-refractivity contribution in [3.8, 4) is 0 Å². The molecule has 0 aromatic heterocycles. The first-order valence-electron chi connectivity index (χ1n) is 5.90. The third-order valence-electron chi connectivity index (χ3n) is 2.23. The normalized spacial score (nSPS) is 10.4. The molecule has 0 aromatic carbocycles. The van der Waals surface area contributed by atoms with Crippen molar-refractivity contribution in [2.75, 3.05) is 46.8 Å². The van der Waals surface area contributed by atoms with E-state index in [0.29, 0.717) is 13.1 Å². The summed E-state index contributed by atoms with van der Waals surface area (Å²) in [6.07, 6.45) is 0.908. The molecular weight excluding hydrogens is 220 g/mol. The SMILES string of the molecule is CCCN(CC(=O)NCCN)CC(=O)N(C)C. The van der Waals surface area contributed by atoms with Gasteiger partial charge in [0.15, 0.2) is 0 Å². The number of hydrogen-bond donors (Lipinski definition) is 2. The lowest BCUT2D eigenvalue weighted by atomic mass is 10.3. The number of likely N-dealkylation sites (N-methyl/N-ethyl adjacent to an activating group) is 1. The summed E-state index contributed by atoms with van der Waals surface area (Å²) in [6.45, 7) is 4.17. The highest BCUT2D eigenvalue weighted by molar-refractivity contribution is 5.80. The van der Waals surface area contributed by atoms with Gasteiger partial charge in [0.1, 0.15) is 0 Å².